The minimum absolute atomic E-state index is 0.0899. The molecule has 0 amide bonds. The van der Waals surface area contributed by atoms with Gasteiger partial charge < -0.3 is 10.4 Å². The summed E-state index contributed by atoms with van der Waals surface area (Å²) in [4.78, 5) is 30.0. The molecule has 4 rings (SSSR count). The second kappa shape index (κ2) is 8.93. The van der Waals surface area contributed by atoms with E-state index in [0.717, 1.165) is 6.07 Å². The van der Waals surface area contributed by atoms with Crippen molar-refractivity contribution in [2.45, 2.75) is 44.3 Å². The van der Waals surface area contributed by atoms with E-state index < -0.39 is 27.9 Å². The summed E-state index contributed by atoms with van der Waals surface area (Å²) in [5, 5.41) is 23.4. The summed E-state index contributed by atoms with van der Waals surface area (Å²) in [6, 6.07) is 6.94. The van der Waals surface area contributed by atoms with Gasteiger partial charge in [-0.05, 0) is 37.3 Å². The van der Waals surface area contributed by atoms with Gasteiger partial charge in [0.2, 0.25) is 0 Å². The molecule has 0 aliphatic heterocycles. The first-order valence-electron chi connectivity index (χ1n) is 10.2. The third-order valence-corrected chi connectivity index (χ3v) is 6.79. The van der Waals surface area contributed by atoms with Gasteiger partial charge >= 0.3 is 12.1 Å². The number of nitrogens with one attached hydrogen (secondary N) is 1. The molecule has 8 nitrogen and oxygen atoms in total. The van der Waals surface area contributed by atoms with E-state index >= 15 is 0 Å². The number of fused-ring (bicyclic) bond motifs is 1. The smallest absolute Gasteiger partial charge is 0.425 e. The van der Waals surface area contributed by atoms with Crippen molar-refractivity contribution in [3.63, 3.8) is 0 Å². The number of aliphatic carboxylic acids is 1. The average molecular weight is 480 g/mol. The van der Waals surface area contributed by atoms with Gasteiger partial charge in [0.25, 0.3) is 5.69 Å². The van der Waals surface area contributed by atoms with Crippen LogP contribution < -0.4 is 5.32 Å². The number of aromatic nitrogens is 2. The Kier molecular flexibility index (Phi) is 6.19. The molecule has 0 radical (unpaired) electrons. The highest BCUT2D eigenvalue weighted by Gasteiger charge is 2.34. The lowest BCUT2D eigenvalue weighted by Crippen LogP contribution is -2.21. The number of nitro groups is 1. The summed E-state index contributed by atoms with van der Waals surface area (Å²) in [7, 11) is 0. The fourth-order valence-electron chi connectivity index (χ4n) is 3.96. The summed E-state index contributed by atoms with van der Waals surface area (Å²) in [5.41, 5.74) is 0.485. The molecule has 0 bridgehead atoms. The zero-order chi connectivity index (χ0) is 23.8. The number of non-ortho nitro benzene ring substituents is 1. The standard InChI is InChI=1S/C21H19F3N4O4S/c22-21(23,24)16-9-15-18(25-10-11-2-1-3-14(8-11)28(31)32)26-17(27-19(15)33-16)12-4-6-13(7-5-12)20(29)30/h1-3,8-9,12-13H,4-7,10H2,(H,29,30)(H,25,26,27). The van der Waals surface area contributed by atoms with Crippen LogP contribution in [-0.4, -0.2) is 26.0 Å². The van der Waals surface area contributed by atoms with Crippen LogP contribution in [0.4, 0.5) is 24.7 Å². The molecule has 12 heteroatoms. The number of hydrogen-bond acceptors (Lipinski definition) is 7. The van der Waals surface area contributed by atoms with E-state index in [-0.39, 0.29) is 34.2 Å². The lowest BCUT2D eigenvalue weighted by molar-refractivity contribution is -0.384. The molecule has 2 N–H and O–H groups in total. The predicted octanol–water partition coefficient (Wildman–Crippen LogP) is 5.59. The first-order chi connectivity index (χ1) is 15.6. The molecule has 33 heavy (non-hydrogen) atoms. The maximum Gasteiger partial charge on any atom is 0.425 e. The number of thiophene rings is 1. The van der Waals surface area contributed by atoms with E-state index in [1.807, 2.05) is 0 Å². The molecule has 0 spiro atoms. The Morgan fingerprint density at radius 3 is 2.58 bits per heavy atom. The Bertz CT molecular complexity index is 1210. The summed E-state index contributed by atoms with van der Waals surface area (Å²) in [5.74, 6) is -0.843. The van der Waals surface area contributed by atoms with E-state index in [1.165, 1.54) is 18.2 Å². The zero-order valence-electron chi connectivity index (χ0n) is 17.1. The SMILES string of the molecule is O=C(O)C1CCC(c2nc(NCc3cccc([N+](=O)[O-])c3)c3cc(C(F)(F)F)sc3n2)CC1. The lowest BCUT2D eigenvalue weighted by Gasteiger charge is -2.25. The van der Waals surface area contributed by atoms with Crippen LogP contribution in [0, 0.1) is 16.0 Å². The zero-order valence-corrected chi connectivity index (χ0v) is 17.9. The number of carbonyl (C=O) groups is 1. The summed E-state index contributed by atoms with van der Waals surface area (Å²) in [6.45, 7) is 0.121. The van der Waals surface area contributed by atoms with Gasteiger partial charge in [0.1, 0.15) is 21.3 Å². The van der Waals surface area contributed by atoms with Crippen molar-refractivity contribution in [1.82, 2.24) is 9.97 Å². The summed E-state index contributed by atoms with van der Waals surface area (Å²) < 4.78 is 40.0. The van der Waals surface area contributed by atoms with E-state index in [4.69, 9.17) is 0 Å². The number of alkyl halides is 3. The molecule has 1 saturated carbocycles. The van der Waals surface area contributed by atoms with Crippen molar-refractivity contribution in [2.75, 3.05) is 5.32 Å². The molecular formula is C21H19F3N4O4S. The monoisotopic (exact) mass is 480 g/mol. The Morgan fingerprint density at radius 2 is 1.94 bits per heavy atom. The van der Waals surface area contributed by atoms with Crippen LogP contribution >= 0.6 is 11.3 Å². The first kappa shape index (κ1) is 22.9. The van der Waals surface area contributed by atoms with Crippen molar-refractivity contribution in [3.8, 4) is 0 Å². The van der Waals surface area contributed by atoms with Crippen molar-refractivity contribution >= 4 is 39.0 Å². The van der Waals surface area contributed by atoms with E-state index in [0.29, 0.717) is 48.4 Å². The van der Waals surface area contributed by atoms with Crippen LogP contribution in [0.2, 0.25) is 0 Å². The predicted molar refractivity (Wildman–Crippen MR) is 115 cm³/mol. The number of halogens is 3. The fraction of sp³-hybridized carbons (Fsp3) is 0.381. The second-order valence-electron chi connectivity index (χ2n) is 7.92. The van der Waals surface area contributed by atoms with Gasteiger partial charge in [-0.3, -0.25) is 14.9 Å². The van der Waals surface area contributed by atoms with Crippen LogP contribution in [0.1, 0.15) is 47.9 Å². The fourth-order valence-corrected chi connectivity index (χ4v) is 4.86. The van der Waals surface area contributed by atoms with Gasteiger partial charge in [0, 0.05) is 24.6 Å². The van der Waals surface area contributed by atoms with Crippen LogP contribution in [-0.2, 0) is 17.5 Å². The van der Waals surface area contributed by atoms with Gasteiger partial charge in [-0.1, -0.05) is 12.1 Å². The lowest BCUT2D eigenvalue weighted by atomic mass is 9.81. The van der Waals surface area contributed by atoms with Crippen LogP contribution in [0.25, 0.3) is 10.2 Å². The summed E-state index contributed by atoms with van der Waals surface area (Å²) in [6.07, 6.45) is -2.55. The molecule has 1 aromatic carbocycles. The number of carboxylic acid groups (broad SMARTS) is 1. The van der Waals surface area contributed by atoms with Gasteiger partial charge in [-0.15, -0.1) is 11.3 Å². The van der Waals surface area contributed by atoms with Crippen molar-refractivity contribution in [3.05, 3.63) is 56.7 Å². The van der Waals surface area contributed by atoms with E-state index in [9.17, 15) is 33.2 Å². The molecule has 1 fully saturated rings. The van der Waals surface area contributed by atoms with Gasteiger partial charge in [0.05, 0.1) is 16.2 Å². The Labute approximate surface area is 189 Å². The van der Waals surface area contributed by atoms with Gasteiger partial charge in [0.15, 0.2) is 0 Å². The molecule has 3 aromatic rings. The Hall–Kier alpha value is -3.28. The van der Waals surface area contributed by atoms with Crippen LogP contribution in [0.15, 0.2) is 30.3 Å². The van der Waals surface area contributed by atoms with Crippen molar-refractivity contribution in [2.24, 2.45) is 5.92 Å². The van der Waals surface area contributed by atoms with Gasteiger partial charge in [-0.25, -0.2) is 9.97 Å². The molecule has 2 heterocycles. The highest BCUT2D eigenvalue weighted by Crippen LogP contribution is 2.41. The third kappa shape index (κ3) is 5.05. The number of nitro benzene ring substituents is 1. The minimum Gasteiger partial charge on any atom is -0.481 e. The topological polar surface area (TPSA) is 118 Å². The molecular weight excluding hydrogens is 461 g/mol. The molecule has 1 aliphatic carbocycles. The van der Waals surface area contributed by atoms with E-state index in [1.54, 1.807) is 6.07 Å². The second-order valence-corrected chi connectivity index (χ2v) is 8.96. The Morgan fingerprint density at radius 1 is 1.21 bits per heavy atom. The number of anilines is 1. The van der Waals surface area contributed by atoms with Crippen LogP contribution in [0.5, 0.6) is 0 Å². The molecule has 0 saturated heterocycles. The van der Waals surface area contributed by atoms with Gasteiger partial charge in [-0.2, -0.15) is 13.2 Å². The Balaban J connectivity index is 1.66. The van der Waals surface area contributed by atoms with Crippen molar-refractivity contribution in [1.29, 1.82) is 0 Å². The highest BCUT2D eigenvalue weighted by molar-refractivity contribution is 7.18. The quantitative estimate of drug-likeness (QED) is 0.349. The first-order valence-corrected chi connectivity index (χ1v) is 11.0. The number of hydrogen-bond donors (Lipinski definition) is 2. The molecule has 1 aliphatic rings. The highest BCUT2D eigenvalue weighted by atomic mass is 32.1. The van der Waals surface area contributed by atoms with Crippen LogP contribution in [0.3, 0.4) is 0 Å². The number of benzene rings is 1. The largest absolute Gasteiger partial charge is 0.481 e. The minimum atomic E-state index is -4.53. The number of nitrogens with zero attached hydrogens (tertiary/aromatic N) is 3. The number of carboxylic acids is 1. The van der Waals surface area contributed by atoms with E-state index in [2.05, 4.69) is 15.3 Å². The van der Waals surface area contributed by atoms with Crippen molar-refractivity contribution < 1.29 is 28.0 Å². The number of rotatable bonds is 6. The molecule has 0 atom stereocenters. The summed E-state index contributed by atoms with van der Waals surface area (Å²) >= 11 is 0.530. The maximum absolute atomic E-state index is 13.3. The molecule has 0 unspecified atom stereocenters. The third-order valence-electron chi connectivity index (χ3n) is 5.71. The average Bonchev–Trinajstić information content (AvgIpc) is 3.23. The maximum atomic E-state index is 13.3. The molecule has 2 aromatic heterocycles. The normalized spacial score (nSPS) is 18.9. The molecule has 174 valence electrons.